The molecule has 0 spiro atoms. The Morgan fingerprint density at radius 2 is 1.95 bits per heavy atom. The first-order chi connectivity index (χ1) is 9.68. The summed E-state index contributed by atoms with van der Waals surface area (Å²) in [5.74, 6) is 4.49. The van der Waals surface area contributed by atoms with Crippen LogP contribution in [0.15, 0.2) is 12.2 Å². The largest absolute Gasteiger partial charge is 0.481 e. The lowest BCUT2D eigenvalue weighted by Crippen LogP contribution is -2.35. The van der Waals surface area contributed by atoms with Gasteiger partial charge in [0.05, 0.1) is 5.92 Å². The zero-order valence-electron chi connectivity index (χ0n) is 12.0. The van der Waals surface area contributed by atoms with Crippen molar-refractivity contribution in [2.75, 3.05) is 0 Å². The average Bonchev–Trinajstić information content (AvgIpc) is 3.19. The Hall–Kier alpha value is -0.790. The number of carbonyl (C=O) groups is 1. The van der Waals surface area contributed by atoms with Gasteiger partial charge < -0.3 is 5.11 Å². The average molecular weight is 272 g/mol. The minimum Gasteiger partial charge on any atom is -0.481 e. The van der Waals surface area contributed by atoms with Crippen LogP contribution in [0.2, 0.25) is 0 Å². The number of hydrogen-bond donors (Lipinski definition) is 1. The van der Waals surface area contributed by atoms with Crippen molar-refractivity contribution in [3.05, 3.63) is 12.2 Å². The predicted molar refractivity (Wildman–Crippen MR) is 76.0 cm³/mol. The molecule has 0 heterocycles. The lowest BCUT2D eigenvalue weighted by Gasteiger charge is -2.41. The van der Waals surface area contributed by atoms with Gasteiger partial charge in [0, 0.05) is 0 Å². The highest BCUT2D eigenvalue weighted by molar-refractivity contribution is 5.72. The smallest absolute Gasteiger partial charge is 0.307 e. The van der Waals surface area contributed by atoms with Crippen molar-refractivity contribution in [3.8, 4) is 0 Å². The highest BCUT2D eigenvalue weighted by Crippen LogP contribution is 2.69. The van der Waals surface area contributed by atoms with E-state index in [1.807, 2.05) is 0 Å². The van der Waals surface area contributed by atoms with Crippen LogP contribution < -0.4 is 0 Å². The monoisotopic (exact) mass is 272 g/mol. The van der Waals surface area contributed by atoms with Crippen LogP contribution in [0.5, 0.6) is 0 Å². The van der Waals surface area contributed by atoms with Gasteiger partial charge in [0.25, 0.3) is 0 Å². The zero-order valence-corrected chi connectivity index (χ0v) is 12.0. The van der Waals surface area contributed by atoms with Crippen LogP contribution >= 0.6 is 0 Å². The van der Waals surface area contributed by atoms with E-state index in [9.17, 15) is 9.90 Å². The Morgan fingerprint density at radius 3 is 2.75 bits per heavy atom. The van der Waals surface area contributed by atoms with Crippen LogP contribution in [0.3, 0.4) is 0 Å². The summed E-state index contributed by atoms with van der Waals surface area (Å²) in [6, 6.07) is 0. The molecule has 1 N–H and O–H groups in total. The summed E-state index contributed by atoms with van der Waals surface area (Å²) in [5, 5.41) is 9.44. The molecule has 0 aromatic carbocycles. The first kappa shape index (κ1) is 11.8. The lowest BCUT2D eigenvalue weighted by atomic mass is 9.63. The number of allylic oxidation sites excluding steroid dienone is 2. The number of hydrogen-bond acceptors (Lipinski definition) is 1. The Labute approximate surface area is 120 Å². The molecule has 8 atom stereocenters. The van der Waals surface area contributed by atoms with E-state index >= 15 is 0 Å². The third kappa shape index (κ3) is 1.29. The van der Waals surface area contributed by atoms with Gasteiger partial charge >= 0.3 is 5.97 Å². The molecule has 8 unspecified atom stereocenters. The molecule has 0 amide bonds. The second-order valence-corrected chi connectivity index (χ2v) is 8.37. The molecule has 0 saturated heterocycles. The third-order valence-corrected chi connectivity index (χ3v) is 7.89. The van der Waals surface area contributed by atoms with Gasteiger partial charge in [0.1, 0.15) is 0 Å². The van der Waals surface area contributed by atoms with Crippen LogP contribution in [-0.4, -0.2) is 11.1 Å². The van der Waals surface area contributed by atoms with Gasteiger partial charge in [-0.25, -0.2) is 0 Å². The molecule has 20 heavy (non-hydrogen) atoms. The molecule has 0 aromatic heterocycles. The first-order valence-corrected chi connectivity index (χ1v) is 8.60. The second kappa shape index (κ2) is 3.69. The number of fused-ring (bicyclic) bond motifs is 7. The van der Waals surface area contributed by atoms with Crippen LogP contribution in [0.25, 0.3) is 0 Å². The van der Waals surface area contributed by atoms with Gasteiger partial charge in [-0.2, -0.15) is 0 Å². The van der Waals surface area contributed by atoms with Crippen molar-refractivity contribution in [1.29, 1.82) is 0 Å². The number of carboxylic acid groups (broad SMARTS) is 1. The molecule has 2 nitrogen and oxygen atoms in total. The van der Waals surface area contributed by atoms with Gasteiger partial charge in [0.2, 0.25) is 0 Å². The molecular weight excluding hydrogens is 248 g/mol. The van der Waals surface area contributed by atoms with Crippen LogP contribution in [0.1, 0.15) is 44.9 Å². The van der Waals surface area contributed by atoms with Gasteiger partial charge in [-0.1, -0.05) is 18.6 Å². The van der Waals surface area contributed by atoms with Gasteiger partial charge in [0.15, 0.2) is 0 Å². The molecule has 4 fully saturated rings. The van der Waals surface area contributed by atoms with Crippen molar-refractivity contribution >= 4 is 5.97 Å². The Balaban J connectivity index is 1.45. The topological polar surface area (TPSA) is 37.3 Å². The third-order valence-electron chi connectivity index (χ3n) is 7.89. The SMILES string of the molecule is O=C(O)C1CC2(C3CC4CC3C3CCCC43)C=CC1C2. The Kier molecular flexibility index (Phi) is 2.18. The standard InChI is InChI=1S/C18H24O2/c19-17(20)15-9-18(5-4-10(15)8-18)16-7-11-6-14(16)13-3-1-2-12(11)13/h4-5,10-16H,1-3,6-9H2,(H,19,20). The molecular formula is C18H24O2. The number of rotatable bonds is 2. The maximum absolute atomic E-state index is 11.5. The van der Waals surface area contributed by atoms with Crippen molar-refractivity contribution in [3.63, 3.8) is 0 Å². The van der Waals surface area contributed by atoms with Gasteiger partial charge in [-0.05, 0) is 79.4 Å². The summed E-state index contributed by atoms with van der Waals surface area (Å²) in [6.07, 6.45) is 14.1. The first-order valence-electron chi connectivity index (χ1n) is 8.60. The van der Waals surface area contributed by atoms with Crippen LogP contribution in [0, 0.1) is 46.8 Å². The van der Waals surface area contributed by atoms with Crippen molar-refractivity contribution in [1.82, 2.24) is 0 Å². The maximum atomic E-state index is 11.5. The molecule has 4 bridgehead atoms. The summed E-state index contributed by atoms with van der Waals surface area (Å²) < 4.78 is 0. The normalized spacial score (nSPS) is 58.5. The molecule has 0 radical (unpaired) electrons. The predicted octanol–water partition coefficient (Wildman–Crippen LogP) is 3.73. The molecule has 5 rings (SSSR count). The fourth-order valence-corrected chi connectivity index (χ4v) is 7.30. The molecule has 4 saturated carbocycles. The summed E-state index contributed by atoms with van der Waals surface area (Å²) in [5.41, 5.74) is 0.278. The van der Waals surface area contributed by atoms with Crippen molar-refractivity contribution in [2.45, 2.75) is 44.9 Å². The minimum atomic E-state index is -0.553. The molecule has 108 valence electrons. The van der Waals surface area contributed by atoms with E-state index in [0.29, 0.717) is 5.92 Å². The van der Waals surface area contributed by atoms with Crippen molar-refractivity contribution in [2.24, 2.45) is 46.8 Å². The van der Waals surface area contributed by atoms with E-state index in [1.54, 1.807) is 0 Å². The van der Waals surface area contributed by atoms with Crippen molar-refractivity contribution < 1.29 is 9.90 Å². The summed E-state index contributed by atoms with van der Waals surface area (Å²) in [6.45, 7) is 0. The highest BCUT2D eigenvalue weighted by Gasteiger charge is 2.62. The zero-order chi connectivity index (χ0) is 13.5. The minimum absolute atomic E-state index is 0.0847. The lowest BCUT2D eigenvalue weighted by molar-refractivity contribution is -0.142. The maximum Gasteiger partial charge on any atom is 0.307 e. The fraction of sp³-hybridized carbons (Fsp3) is 0.833. The summed E-state index contributed by atoms with van der Waals surface area (Å²) in [4.78, 5) is 11.5. The van der Waals surface area contributed by atoms with E-state index < -0.39 is 5.97 Å². The Morgan fingerprint density at radius 1 is 1.10 bits per heavy atom. The Bertz CT molecular complexity index is 496. The molecule has 5 aliphatic rings. The van der Waals surface area contributed by atoms with E-state index in [4.69, 9.17) is 0 Å². The van der Waals surface area contributed by atoms with E-state index in [2.05, 4.69) is 12.2 Å². The molecule has 0 aliphatic heterocycles. The van der Waals surface area contributed by atoms with E-state index in [1.165, 1.54) is 32.1 Å². The van der Waals surface area contributed by atoms with Gasteiger partial charge in [-0.15, -0.1) is 0 Å². The molecule has 0 aromatic rings. The fourth-order valence-electron chi connectivity index (χ4n) is 7.30. The van der Waals surface area contributed by atoms with E-state index in [-0.39, 0.29) is 11.3 Å². The summed E-state index contributed by atoms with van der Waals surface area (Å²) >= 11 is 0. The van der Waals surface area contributed by atoms with Crippen LogP contribution in [-0.2, 0) is 4.79 Å². The van der Waals surface area contributed by atoms with Crippen LogP contribution in [0.4, 0.5) is 0 Å². The molecule has 5 aliphatic carbocycles. The number of aliphatic carboxylic acids is 1. The van der Waals surface area contributed by atoms with Gasteiger partial charge in [-0.3, -0.25) is 4.79 Å². The second-order valence-electron chi connectivity index (χ2n) is 8.37. The highest BCUT2D eigenvalue weighted by atomic mass is 16.4. The molecule has 2 heteroatoms. The summed E-state index contributed by atoms with van der Waals surface area (Å²) in [7, 11) is 0. The number of carboxylic acids is 1. The van der Waals surface area contributed by atoms with E-state index in [0.717, 1.165) is 42.4 Å². The quantitative estimate of drug-likeness (QED) is 0.778.